The number of para-hydroxylation sites is 1. The molecule has 49 heavy (non-hydrogen) atoms. The lowest BCUT2D eigenvalue weighted by Gasteiger charge is -2.28. The van der Waals surface area contributed by atoms with Crippen molar-refractivity contribution in [3.63, 3.8) is 0 Å². The number of rotatable bonds is 16. The zero-order valence-electron chi connectivity index (χ0n) is 28.2. The van der Waals surface area contributed by atoms with Crippen LogP contribution in [0.4, 0.5) is 10.5 Å². The van der Waals surface area contributed by atoms with Gasteiger partial charge in [0, 0.05) is 32.6 Å². The molecule has 2 atom stereocenters. The van der Waals surface area contributed by atoms with Gasteiger partial charge in [-0.3, -0.25) is 19.3 Å². The van der Waals surface area contributed by atoms with Gasteiger partial charge in [0.2, 0.25) is 17.7 Å². The summed E-state index contributed by atoms with van der Waals surface area (Å²) < 4.78 is 11.4. The molecule has 0 radical (unpaired) electrons. The molecule has 4 aromatic rings. The predicted octanol–water partition coefficient (Wildman–Crippen LogP) is 5.66. The molecule has 256 valence electrons. The Hall–Kier alpha value is -5.64. The summed E-state index contributed by atoms with van der Waals surface area (Å²) in [5.41, 5.74) is 4.14. The molecule has 0 aliphatic rings. The first-order chi connectivity index (χ1) is 23.7. The summed E-state index contributed by atoms with van der Waals surface area (Å²) in [6.07, 6.45) is 1.09. The second-order valence-electron chi connectivity index (χ2n) is 11.7. The highest BCUT2D eigenvalue weighted by atomic mass is 16.6. The molecular weight excluding hydrogens is 620 g/mol. The van der Waals surface area contributed by atoms with Gasteiger partial charge in [0.1, 0.15) is 31.0 Å². The zero-order chi connectivity index (χ0) is 35.0. The summed E-state index contributed by atoms with van der Waals surface area (Å²) in [6.45, 7) is 2.06. The lowest BCUT2D eigenvalue weighted by molar-refractivity contribution is -0.129. The van der Waals surface area contributed by atoms with Gasteiger partial charge in [-0.05, 0) is 60.2 Å². The maximum atomic E-state index is 13.8. The SMILES string of the molecule is CNC(=O)CCCc1ccccc1NC(=O)[C@@H](C)NC(=O)[C@H](Cc1ccc(OCc2ccccc2)cc1)N(C)C(=O)OCc1ccccc1. The summed E-state index contributed by atoms with van der Waals surface area (Å²) in [4.78, 5) is 53.1. The minimum absolute atomic E-state index is 0.0475. The van der Waals surface area contributed by atoms with Crippen LogP contribution in [0.1, 0.15) is 42.0 Å². The van der Waals surface area contributed by atoms with Crippen molar-refractivity contribution < 1.29 is 28.7 Å². The third-order valence-electron chi connectivity index (χ3n) is 8.02. The smallest absolute Gasteiger partial charge is 0.410 e. The lowest BCUT2D eigenvalue weighted by atomic mass is 10.0. The van der Waals surface area contributed by atoms with Gasteiger partial charge in [0.25, 0.3) is 0 Å². The molecule has 4 aromatic carbocycles. The van der Waals surface area contributed by atoms with Crippen LogP contribution in [0.25, 0.3) is 0 Å². The highest BCUT2D eigenvalue weighted by molar-refractivity contribution is 5.98. The number of aryl methyl sites for hydroxylation is 1. The highest BCUT2D eigenvalue weighted by Gasteiger charge is 2.30. The van der Waals surface area contributed by atoms with E-state index in [4.69, 9.17) is 9.47 Å². The van der Waals surface area contributed by atoms with Crippen molar-refractivity contribution in [1.82, 2.24) is 15.5 Å². The summed E-state index contributed by atoms with van der Waals surface area (Å²) >= 11 is 0. The van der Waals surface area contributed by atoms with Crippen molar-refractivity contribution in [2.75, 3.05) is 19.4 Å². The normalized spacial score (nSPS) is 11.8. The van der Waals surface area contributed by atoms with Crippen LogP contribution in [-0.2, 0) is 45.2 Å². The van der Waals surface area contributed by atoms with Crippen LogP contribution in [-0.4, -0.2) is 54.9 Å². The molecule has 10 heteroatoms. The third-order valence-corrected chi connectivity index (χ3v) is 8.02. The van der Waals surface area contributed by atoms with Crippen molar-refractivity contribution in [2.45, 2.75) is 57.9 Å². The number of carbonyl (C=O) groups is 4. The average Bonchev–Trinajstić information content (AvgIpc) is 3.13. The van der Waals surface area contributed by atoms with E-state index >= 15 is 0 Å². The monoisotopic (exact) mass is 664 g/mol. The zero-order valence-corrected chi connectivity index (χ0v) is 28.2. The molecule has 0 saturated carbocycles. The lowest BCUT2D eigenvalue weighted by Crippen LogP contribution is -2.53. The van der Waals surface area contributed by atoms with E-state index in [2.05, 4.69) is 16.0 Å². The first-order valence-corrected chi connectivity index (χ1v) is 16.3. The Labute approximate surface area is 287 Å². The number of hydrogen-bond donors (Lipinski definition) is 3. The van der Waals surface area contributed by atoms with Gasteiger partial charge in [0.15, 0.2) is 0 Å². The Morgan fingerprint density at radius 2 is 1.35 bits per heavy atom. The Morgan fingerprint density at radius 3 is 2.00 bits per heavy atom. The van der Waals surface area contributed by atoms with E-state index in [0.29, 0.717) is 37.3 Å². The van der Waals surface area contributed by atoms with E-state index in [9.17, 15) is 19.2 Å². The van der Waals surface area contributed by atoms with Crippen molar-refractivity contribution in [1.29, 1.82) is 0 Å². The Bertz CT molecular complexity index is 1660. The molecule has 10 nitrogen and oxygen atoms in total. The maximum Gasteiger partial charge on any atom is 0.410 e. The molecule has 0 bridgehead atoms. The number of likely N-dealkylation sites (N-methyl/N-ethyl adjacent to an activating group) is 1. The van der Waals surface area contributed by atoms with E-state index in [1.807, 2.05) is 103 Å². The minimum atomic E-state index is -0.980. The fourth-order valence-corrected chi connectivity index (χ4v) is 5.08. The number of benzene rings is 4. The van der Waals surface area contributed by atoms with Gasteiger partial charge in [-0.1, -0.05) is 91.0 Å². The summed E-state index contributed by atoms with van der Waals surface area (Å²) in [7, 11) is 3.11. The number of anilines is 1. The van der Waals surface area contributed by atoms with Crippen LogP contribution < -0.4 is 20.7 Å². The number of amides is 4. The van der Waals surface area contributed by atoms with E-state index < -0.39 is 30.0 Å². The first-order valence-electron chi connectivity index (χ1n) is 16.3. The fourth-order valence-electron chi connectivity index (χ4n) is 5.08. The molecule has 0 fully saturated rings. The molecule has 0 saturated heterocycles. The Balaban J connectivity index is 1.42. The van der Waals surface area contributed by atoms with Crippen LogP contribution in [0, 0.1) is 0 Å². The quantitative estimate of drug-likeness (QED) is 0.142. The summed E-state index contributed by atoms with van der Waals surface area (Å²) in [5, 5.41) is 8.30. The second-order valence-corrected chi connectivity index (χ2v) is 11.7. The molecule has 0 aliphatic heterocycles. The van der Waals surface area contributed by atoms with E-state index in [0.717, 1.165) is 22.3 Å². The Kier molecular flexibility index (Phi) is 13.8. The Morgan fingerprint density at radius 1 is 0.735 bits per heavy atom. The van der Waals surface area contributed by atoms with Crippen LogP contribution >= 0.6 is 0 Å². The van der Waals surface area contributed by atoms with Crippen molar-refractivity contribution in [3.8, 4) is 5.75 Å². The third kappa shape index (κ3) is 11.5. The topological polar surface area (TPSA) is 126 Å². The minimum Gasteiger partial charge on any atom is -0.489 e. The van der Waals surface area contributed by atoms with E-state index in [1.54, 1.807) is 20.0 Å². The molecule has 0 heterocycles. The average molecular weight is 665 g/mol. The van der Waals surface area contributed by atoms with Gasteiger partial charge in [-0.25, -0.2) is 4.79 Å². The van der Waals surface area contributed by atoms with Crippen molar-refractivity contribution in [3.05, 3.63) is 131 Å². The first kappa shape index (κ1) is 36.2. The predicted molar refractivity (Wildman–Crippen MR) is 189 cm³/mol. The molecule has 0 spiro atoms. The molecule has 0 aromatic heterocycles. The van der Waals surface area contributed by atoms with Crippen molar-refractivity contribution in [2.24, 2.45) is 0 Å². The largest absolute Gasteiger partial charge is 0.489 e. The van der Waals surface area contributed by atoms with Gasteiger partial charge in [0.05, 0.1) is 0 Å². The molecule has 0 aliphatic carbocycles. The van der Waals surface area contributed by atoms with E-state index in [-0.39, 0.29) is 18.9 Å². The second kappa shape index (κ2) is 18.6. The number of carbonyl (C=O) groups excluding carboxylic acids is 4. The van der Waals surface area contributed by atoms with Crippen LogP contribution in [0.5, 0.6) is 5.75 Å². The van der Waals surface area contributed by atoms with Crippen LogP contribution in [0.15, 0.2) is 109 Å². The number of ether oxygens (including phenoxy) is 2. The molecular formula is C39H44N4O6. The number of nitrogens with one attached hydrogen (secondary N) is 3. The van der Waals surface area contributed by atoms with Crippen molar-refractivity contribution >= 4 is 29.5 Å². The van der Waals surface area contributed by atoms with Gasteiger partial charge in [-0.15, -0.1) is 0 Å². The van der Waals surface area contributed by atoms with E-state index in [1.165, 1.54) is 11.9 Å². The fraction of sp³-hybridized carbons (Fsp3) is 0.282. The standard InChI is InChI=1S/C39H44N4O6/c1-28(37(45)42-34-19-11-10-17-32(34)18-12-20-36(44)40-2)41-38(46)35(43(3)39(47)49-27-31-15-8-5-9-16-31)25-29-21-23-33(24-22-29)48-26-30-13-6-4-7-14-30/h4-11,13-17,19,21-24,28,35H,12,18,20,25-27H2,1-3H3,(H,40,44)(H,41,46)(H,42,45)/t28-,35+/m1/s1. The van der Waals surface area contributed by atoms with Gasteiger partial charge < -0.3 is 25.4 Å². The van der Waals surface area contributed by atoms with Crippen LogP contribution in [0.3, 0.4) is 0 Å². The van der Waals surface area contributed by atoms with Crippen LogP contribution in [0.2, 0.25) is 0 Å². The summed E-state index contributed by atoms with van der Waals surface area (Å²) in [6, 6.07) is 31.9. The number of nitrogens with zero attached hydrogens (tertiary/aromatic N) is 1. The molecule has 4 amide bonds. The van der Waals surface area contributed by atoms with Gasteiger partial charge in [-0.2, -0.15) is 0 Å². The maximum absolute atomic E-state index is 13.8. The van der Waals surface area contributed by atoms with Gasteiger partial charge >= 0.3 is 6.09 Å². The number of hydrogen-bond acceptors (Lipinski definition) is 6. The molecule has 3 N–H and O–H groups in total. The summed E-state index contributed by atoms with van der Waals surface area (Å²) in [5.74, 6) is -0.303. The molecule has 4 rings (SSSR count). The highest BCUT2D eigenvalue weighted by Crippen LogP contribution is 2.19. The molecule has 0 unspecified atom stereocenters.